The second kappa shape index (κ2) is 8.75. The Labute approximate surface area is 167 Å². The van der Waals surface area contributed by atoms with Crippen LogP contribution in [-0.2, 0) is 20.2 Å². The third kappa shape index (κ3) is 6.07. The van der Waals surface area contributed by atoms with Crippen molar-refractivity contribution in [2.75, 3.05) is 11.9 Å². The minimum absolute atomic E-state index is 0.0988. The van der Waals surface area contributed by atoms with Gasteiger partial charge in [0, 0.05) is 11.7 Å². The largest absolute Gasteiger partial charge is 0.483 e. The lowest BCUT2D eigenvalue weighted by atomic mass is 9.86. The molecule has 0 bridgehead atoms. The summed E-state index contributed by atoms with van der Waals surface area (Å²) in [6, 6.07) is 13.5. The summed E-state index contributed by atoms with van der Waals surface area (Å²) in [6.45, 7) is 9.62. The van der Waals surface area contributed by atoms with Gasteiger partial charge in [0.25, 0.3) is 5.91 Å². The van der Waals surface area contributed by atoms with Crippen molar-refractivity contribution in [1.82, 2.24) is 4.72 Å². The van der Waals surface area contributed by atoms with E-state index in [1.54, 1.807) is 26.0 Å². The summed E-state index contributed by atoms with van der Waals surface area (Å²) >= 11 is 0. The van der Waals surface area contributed by atoms with Crippen molar-refractivity contribution in [2.45, 2.75) is 51.0 Å². The van der Waals surface area contributed by atoms with Gasteiger partial charge in [0.15, 0.2) is 6.61 Å². The Hall–Kier alpha value is -2.38. The molecule has 0 aliphatic rings. The molecule has 2 aromatic rings. The van der Waals surface area contributed by atoms with Crippen LogP contribution in [0.4, 0.5) is 5.69 Å². The Balaban J connectivity index is 1.99. The SMILES string of the molecule is CC(C)NS(=O)(=O)c1ccc(NC(=O)COc2ccccc2C(C)(C)C)cc1. The molecule has 0 spiro atoms. The van der Waals surface area contributed by atoms with Crippen molar-refractivity contribution in [3.63, 3.8) is 0 Å². The van der Waals surface area contributed by atoms with Gasteiger partial charge in [-0.2, -0.15) is 0 Å². The first-order chi connectivity index (χ1) is 13.0. The number of sulfonamides is 1. The lowest BCUT2D eigenvalue weighted by Gasteiger charge is -2.22. The number of hydrogen-bond acceptors (Lipinski definition) is 4. The van der Waals surface area contributed by atoms with Crippen LogP contribution in [0.3, 0.4) is 0 Å². The van der Waals surface area contributed by atoms with Crippen molar-refractivity contribution < 1.29 is 17.9 Å². The molecule has 1 amide bonds. The van der Waals surface area contributed by atoms with E-state index in [4.69, 9.17) is 4.74 Å². The van der Waals surface area contributed by atoms with Gasteiger partial charge in [-0.3, -0.25) is 4.79 Å². The Kier molecular flexibility index (Phi) is 6.85. The van der Waals surface area contributed by atoms with Crippen molar-refractivity contribution in [1.29, 1.82) is 0 Å². The number of nitrogens with one attached hydrogen (secondary N) is 2. The molecule has 6 nitrogen and oxygen atoms in total. The standard InChI is InChI=1S/C21H28N2O4S/c1-15(2)23-28(25,26)17-12-10-16(11-13-17)22-20(24)14-27-19-9-7-6-8-18(19)21(3,4)5/h6-13,15,23H,14H2,1-5H3,(H,22,24). The summed E-state index contributed by atoms with van der Waals surface area (Å²) in [5.74, 6) is 0.353. The Morgan fingerprint density at radius 1 is 1.04 bits per heavy atom. The van der Waals surface area contributed by atoms with Gasteiger partial charge in [-0.05, 0) is 55.2 Å². The Morgan fingerprint density at radius 2 is 1.64 bits per heavy atom. The summed E-state index contributed by atoms with van der Waals surface area (Å²) in [7, 11) is -3.56. The minimum atomic E-state index is -3.56. The smallest absolute Gasteiger partial charge is 0.262 e. The van der Waals surface area contributed by atoms with Gasteiger partial charge in [0.05, 0.1) is 4.90 Å². The van der Waals surface area contributed by atoms with Crippen LogP contribution < -0.4 is 14.8 Å². The summed E-state index contributed by atoms with van der Waals surface area (Å²) in [4.78, 5) is 12.4. The van der Waals surface area contributed by atoms with Crippen LogP contribution in [-0.4, -0.2) is 27.0 Å². The molecule has 0 fully saturated rings. The zero-order valence-corrected chi connectivity index (χ0v) is 17.8. The molecule has 0 aliphatic carbocycles. The molecular formula is C21H28N2O4S. The highest BCUT2D eigenvalue weighted by molar-refractivity contribution is 7.89. The molecular weight excluding hydrogens is 376 g/mol. The van der Waals surface area contributed by atoms with Crippen LogP contribution >= 0.6 is 0 Å². The highest BCUT2D eigenvalue weighted by Gasteiger charge is 2.19. The molecule has 0 aromatic heterocycles. The fourth-order valence-corrected chi connectivity index (χ4v) is 3.90. The monoisotopic (exact) mass is 404 g/mol. The zero-order valence-electron chi connectivity index (χ0n) is 16.9. The first-order valence-corrected chi connectivity index (χ1v) is 10.6. The van der Waals surface area contributed by atoms with Gasteiger partial charge in [-0.25, -0.2) is 13.1 Å². The van der Waals surface area contributed by atoms with Gasteiger partial charge < -0.3 is 10.1 Å². The lowest BCUT2D eigenvalue weighted by molar-refractivity contribution is -0.118. The second-order valence-electron chi connectivity index (χ2n) is 7.88. The van der Waals surface area contributed by atoms with E-state index in [0.29, 0.717) is 11.4 Å². The predicted octanol–water partition coefficient (Wildman–Crippen LogP) is 3.69. The molecule has 2 N–H and O–H groups in total. The van der Waals surface area contributed by atoms with Crippen LogP contribution in [0.15, 0.2) is 53.4 Å². The topological polar surface area (TPSA) is 84.5 Å². The first kappa shape index (κ1) is 21.9. The van der Waals surface area contributed by atoms with Gasteiger partial charge in [-0.1, -0.05) is 39.0 Å². The average Bonchev–Trinajstić information content (AvgIpc) is 2.59. The number of benzene rings is 2. The van der Waals surface area contributed by atoms with Gasteiger partial charge in [0.1, 0.15) is 5.75 Å². The van der Waals surface area contributed by atoms with E-state index in [2.05, 4.69) is 30.8 Å². The van der Waals surface area contributed by atoms with E-state index >= 15 is 0 Å². The summed E-state index contributed by atoms with van der Waals surface area (Å²) in [5.41, 5.74) is 1.43. The molecule has 0 saturated carbocycles. The minimum Gasteiger partial charge on any atom is -0.483 e. The quantitative estimate of drug-likeness (QED) is 0.737. The molecule has 2 rings (SSSR count). The van der Waals surface area contributed by atoms with E-state index in [-0.39, 0.29) is 28.9 Å². The normalized spacial score (nSPS) is 12.1. The fourth-order valence-electron chi connectivity index (χ4n) is 2.65. The van der Waals surface area contributed by atoms with Crippen molar-refractivity contribution in [2.24, 2.45) is 0 Å². The maximum atomic E-state index is 12.2. The third-order valence-electron chi connectivity index (χ3n) is 3.89. The van der Waals surface area contributed by atoms with E-state index in [0.717, 1.165) is 5.56 Å². The number of anilines is 1. The molecule has 7 heteroatoms. The van der Waals surface area contributed by atoms with Gasteiger partial charge in [0.2, 0.25) is 10.0 Å². The number of ether oxygens (including phenoxy) is 1. The van der Waals surface area contributed by atoms with Crippen LogP contribution in [0, 0.1) is 0 Å². The maximum Gasteiger partial charge on any atom is 0.262 e. The molecule has 28 heavy (non-hydrogen) atoms. The number of carbonyl (C=O) groups is 1. The number of carbonyl (C=O) groups excluding carboxylic acids is 1. The van der Waals surface area contributed by atoms with Crippen LogP contribution in [0.5, 0.6) is 5.75 Å². The van der Waals surface area contributed by atoms with Crippen LogP contribution in [0.2, 0.25) is 0 Å². The third-order valence-corrected chi connectivity index (χ3v) is 5.57. The van der Waals surface area contributed by atoms with E-state index in [1.807, 2.05) is 24.3 Å². The fraction of sp³-hybridized carbons (Fsp3) is 0.381. The zero-order chi connectivity index (χ0) is 20.9. The summed E-state index contributed by atoms with van der Waals surface area (Å²) in [6.07, 6.45) is 0. The van der Waals surface area contributed by atoms with Gasteiger partial charge in [-0.15, -0.1) is 0 Å². The number of amides is 1. The average molecular weight is 405 g/mol. The maximum absolute atomic E-state index is 12.2. The van der Waals surface area contributed by atoms with Crippen LogP contribution in [0.25, 0.3) is 0 Å². The molecule has 152 valence electrons. The highest BCUT2D eigenvalue weighted by atomic mass is 32.2. The molecule has 0 heterocycles. The number of hydrogen-bond donors (Lipinski definition) is 2. The van der Waals surface area contributed by atoms with E-state index in [1.165, 1.54) is 12.1 Å². The Bertz CT molecular complexity index is 914. The molecule has 0 unspecified atom stereocenters. The molecule has 2 aromatic carbocycles. The van der Waals surface area contributed by atoms with E-state index in [9.17, 15) is 13.2 Å². The van der Waals surface area contributed by atoms with Crippen molar-refractivity contribution in [3.05, 3.63) is 54.1 Å². The van der Waals surface area contributed by atoms with Crippen molar-refractivity contribution in [3.8, 4) is 5.75 Å². The summed E-state index contributed by atoms with van der Waals surface area (Å²) in [5, 5.41) is 2.71. The molecule has 0 aliphatic heterocycles. The van der Waals surface area contributed by atoms with Crippen molar-refractivity contribution >= 4 is 21.6 Å². The highest BCUT2D eigenvalue weighted by Crippen LogP contribution is 2.30. The molecule has 0 radical (unpaired) electrons. The van der Waals surface area contributed by atoms with Gasteiger partial charge >= 0.3 is 0 Å². The molecule has 0 atom stereocenters. The lowest BCUT2D eigenvalue weighted by Crippen LogP contribution is -2.30. The first-order valence-electron chi connectivity index (χ1n) is 9.13. The number of rotatable bonds is 7. The summed E-state index contributed by atoms with van der Waals surface area (Å²) < 4.78 is 32.5. The number of para-hydroxylation sites is 1. The van der Waals surface area contributed by atoms with E-state index < -0.39 is 10.0 Å². The van der Waals surface area contributed by atoms with Crippen LogP contribution in [0.1, 0.15) is 40.2 Å². The predicted molar refractivity (Wildman–Crippen MR) is 111 cm³/mol. The molecule has 0 saturated heterocycles. The second-order valence-corrected chi connectivity index (χ2v) is 9.60. The Morgan fingerprint density at radius 3 is 2.21 bits per heavy atom.